The van der Waals surface area contributed by atoms with E-state index >= 15 is 0 Å². The number of amides is 1. The van der Waals surface area contributed by atoms with Gasteiger partial charge in [-0.25, -0.2) is 9.38 Å². The summed E-state index contributed by atoms with van der Waals surface area (Å²) >= 11 is 0. The largest absolute Gasteiger partial charge is 0.508 e. The van der Waals surface area contributed by atoms with Crippen molar-refractivity contribution in [2.45, 2.75) is 19.8 Å². The van der Waals surface area contributed by atoms with Crippen LogP contribution in [0.5, 0.6) is 5.75 Å². The van der Waals surface area contributed by atoms with Crippen LogP contribution in [-0.4, -0.2) is 16.8 Å². The molecular formula is C17H15FN2O2. The number of amidine groups is 1. The van der Waals surface area contributed by atoms with Crippen LogP contribution in [0, 0.1) is 5.82 Å². The number of halogens is 1. The normalized spacial score (nSPS) is 16.1. The van der Waals surface area contributed by atoms with Crippen LogP contribution in [0.15, 0.2) is 41.4 Å². The first-order valence-electron chi connectivity index (χ1n) is 6.94. The summed E-state index contributed by atoms with van der Waals surface area (Å²) in [4.78, 5) is 15.6. The van der Waals surface area contributed by atoms with Crippen molar-refractivity contribution in [3.8, 4) is 16.9 Å². The zero-order chi connectivity index (χ0) is 15.9. The predicted molar refractivity (Wildman–Crippen MR) is 82.8 cm³/mol. The van der Waals surface area contributed by atoms with E-state index in [2.05, 4.69) is 10.3 Å². The van der Waals surface area contributed by atoms with Crippen molar-refractivity contribution in [3.05, 3.63) is 47.8 Å². The Morgan fingerprint density at radius 2 is 2.00 bits per heavy atom. The number of benzene rings is 2. The second-order valence-corrected chi connectivity index (χ2v) is 5.37. The molecule has 0 bridgehead atoms. The Bertz CT molecular complexity index is 779. The molecule has 0 radical (unpaired) electrons. The summed E-state index contributed by atoms with van der Waals surface area (Å²) in [5.41, 5.74) is 3.14. The summed E-state index contributed by atoms with van der Waals surface area (Å²) in [5, 5.41) is 12.3. The number of carbonyl (C=O) groups excluding carboxylic acids is 1. The summed E-state index contributed by atoms with van der Waals surface area (Å²) in [7, 11) is 0. The SMILES string of the molecule is CC(=O)NC1=Nc2ccc(-c3cc(O)cc(F)c3)cc2C1C. The van der Waals surface area contributed by atoms with Gasteiger partial charge in [0.25, 0.3) is 0 Å². The summed E-state index contributed by atoms with van der Waals surface area (Å²) in [6.45, 7) is 3.40. The molecular weight excluding hydrogens is 283 g/mol. The molecule has 0 saturated carbocycles. The molecule has 0 fully saturated rings. The van der Waals surface area contributed by atoms with Crippen molar-refractivity contribution >= 4 is 17.4 Å². The highest BCUT2D eigenvalue weighted by Gasteiger charge is 2.24. The highest BCUT2D eigenvalue weighted by molar-refractivity contribution is 6.05. The van der Waals surface area contributed by atoms with Gasteiger partial charge in [0, 0.05) is 18.9 Å². The number of nitrogens with one attached hydrogen (secondary N) is 1. The molecule has 4 nitrogen and oxygen atoms in total. The van der Waals surface area contributed by atoms with E-state index in [0.717, 1.165) is 22.9 Å². The molecule has 1 amide bonds. The van der Waals surface area contributed by atoms with Gasteiger partial charge in [0.05, 0.1) is 5.69 Å². The van der Waals surface area contributed by atoms with E-state index in [1.54, 1.807) is 0 Å². The van der Waals surface area contributed by atoms with Crippen LogP contribution in [-0.2, 0) is 4.79 Å². The Kier molecular flexibility index (Phi) is 3.41. The van der Waals surface area contributed by atoms with Gasteiger partial charge in [-0.2, -0.15) is 0 Å². The molecule has 3 rings (SSSR count). The number of nitrogens with zero attached hydrogens (tertiary/aromatic N) is 1. The highest BCUT2D eigenvalue weighted by atomic mass is 19.1. The van der Waals surface area contributed by atoms with Crippen LogP contribution in [0.2, 0.25) is 0 Å². The maximum absolute atomic E-state index is 13.4. The average molecular weight is 298 g/mol. The van der Waals surface area contributed by atoms with Gasteiger partial charge in [0.15, 0.2) is 0 Å². The van der Waals surface area contributed by atoms with Gasteiger partial charge in [0.2, 0.25) is 5.91 Å². The number of aromatic hydroxyl groups is 1. The number of fused-ring (bicyclic) bond motifs is 1. The standard InChI is InChI=1S/C17H15FN2O2/c1-9-15-7-11(12-5-13(18)8-14(22)6-12)3-4-16(15)20-17(9)19-10(2)21/h3-9,22H,1-2H3,(H,19,20,21). The molecule has 1 atom stereocenters. The minimum Gasteiger partial charge on any atom is -0.508 e. The Balaban J connectivity index is 1.99. The van der Waals surface area contributed by atoms with Crippen molar-refractivity contribution < 1.29 is 14.3 Å². The van der Waals surface area contributed by atoms with Crippen molar-refractivity contribution in [1.29, 1.82) is 0 Å². The van der Waals surface area contributed by atoms with Gasteiger partial charge in [-0.15, -0.1) is 0 Å². The molecule has 0 aliphatic carbocycles. The van der Waals surface area contributed by atoms with Gasteiger partial charge < -0.3 is 10.4 Å². The van der Waals surface area contributed by atoms with E-state index in [0.29, 0.717) is 11.4 Å². The number of hydrogen-bond acceptors (Lipinski definition) is 3. The molecule has 0 aromatic heterocycles. The van der Waals surface area contributed by atoms with Gasteiger partial charge >= 0.3 is 0 Å². The second-order valence-electron chi connectivity index (χ2n) is 5.37. The van der Waals surface area contributed by atoms with E-state index in [4.69, 9.17) is 0 Å². The Morgan fingerprint density at radius 3 is 2.68 bits per heavy atom. The highest BCUT2D eigenvalue weighted by Crippen LogP contribution is 2.38. The zero-order valence-electron chi connectivity index (χ0n) is 12.2. The molecule has 5 heteroatoms. The molecule has 0 saturated heterocycles. The third-order valence-electron chi connectivity index (χ3n) is 3.67. The van der Waals surface area contributed by atoms with Gasteiger partial charge in [-0.3, -0.25) is 4.79 Å². The van der Waals surface area contributed by atoms with E-state index < -0.39 is 5.82 Å². The lowest BCUT2D eigenvalue weighted by atomic mass is 9.96. The Morgan fingerprint density at radius 1 is 1.23 bits per heavy atom. The fraction of sp³-hybridized carbons (Fsp3) is 0.176. The molecule has 2 aromatic rings. The second kappa shape index (κ2) is 5.26. The van der Waals surface area contributed by atoms with E-state index in [1.165, 1.54) is 19.1 Å². The molecule has 2 N–H and O–H groups in total. The molecule has 2 aromatic carbocycles. The third kappa shape index (κ3) is 2.57. The first-order valence-corrected chi connectivity index (χ1v) is 6.94. The van der Waals surface area contributed by atoms with Crippen molar-refractivity contribution in [2.75, 3.05) is 0 Å². The lowest BCUT2D eigenvalue weighted by molar-refractivity contribution is -0.117. The topological polar surface area (TPSA) is 61.7 Å². The van der Waals surface area contributed by atoms with Crippen molar-refractivity contribution in [1.82, 2.24) is 5.32 Å². The maximum Gasteiger partial charge on any atom is 0.222 e. The van der Waals surface area contributed by atoms with Crippen LogP contribution < -0.4 is 5.32 Å². The molecule has 22 heavy (non-hydrogen) atoms. The van der Waals surface area contributed by atoms with Crippen LogP contribution in [0.3, 0.4) is 0 Å². The minimum atomic E-state index is -0.487. The third-order valence-corrected chi connectivity index (χ3v) is 3.67. The number of aliphatic imine (C=N–C) groups is 1. The van der Waals surface area contributed by atoms with Crippen molar-refractivity contribution in [2.24, 2.45) is 4.99 Å². The number of phenolic OH excluding ortho intramolecular Hbond substituents is 1. The summed E-state index contributed by atoms with van der Waals surface area (Å²) < 4.78 is 13.4. The molecule has 112 valence electrons. The Hall–Kier alpha value is -2.69. The molecule has 1 aliphatic heterocycles. The number of rotatable bonds is 1. The molecule has 1 aliphatic rings. The van der Waals surface area contributed by atoms with Crippen LogP contribution in [0.1, 0.15) is 25.3 Å². The quantitative estimate of drug-likeness (QED) is 0.846. The van der Waals surface area contributed by atoms with E-state index in [9.17, 15) is 14.3 Å². The monoisotopic (exact) mass is 298 g/mol. The average Bonchev–Trinajstić information content (AvgIpc) is 2.73. The predicted octanol–water partition coefficient (Wildman–Crippen LogP) is 3.48. The minimum absolute atomic E-state index is 0.0407. The first kappa shape index (κ1) is 14.3. The van der Waals surface area contributed by atoms with Gasteiger partial charge in [-0.05, 0) is 41.0 Å². The lowest BCUT2D eigenvalue weighted by Crippen LogP contribution is -2.30. The fourth-order valence-corrected chi connectivity index (χ4v) is 2.61. The lowest BCUT2D eigenvalue weighted by Gasteiger charge is -2.10. The zero-order valence-corrected chi connectivity index (χ0v) is 12.2. The smallest absolute Gasteiger partial charge is 0.222 e. The number of carbonyl (C=O) groups is 1. The molecule has 1 heterocycles. The summed E-state index contributed by atoms with van der Waals surface area (Å²) in [5.74, 6) is -0.186. The van der Waals surface area contributed by atoms with Gasteiger partial charge in [0.1, 0.15) is 17.4 Å². The number of hydrogen-bond donors (Lipinski definition) is 2. The fourth-order valence-electron chi connectivity index (χ4n) is 2.61. The van der Waals surface area contributed by atoms with E-state index in [-0.39, 0.29) is 17.6 Å². The van der Waals surface area contributed by atoms with Crippen LogP contribution in [0.4, 0.5) is 10.1 Å². The maximum atomic E-state index is 13.4. The Labute approximate surface area is 127 Å². The first-order chi connectivity index (χ1) is 10.4. The van der Waals surface area contributed by atoms with E-state index in [1.807, 2.05) is 25.1 Å². The van der Waals surface area contributed by atoms with Gasteiger partial charge in [-0.1, -0.05) is 13.0 Å². The van der Waals surface area contributed by atoms with Crippen LogP contribution >= 0.6 is 0 Å². The summed E-state index contributed by atoms with van der Waals surface area (Å²) in [6.07, 6.45) is 0. The molecule has 1 unspecified atom stereocenters. The van der Waals surface area contributed by atoms with Crippen molar-refractivity contribution in [3.63, 3.8) is 0 Å². The van der Waals surface area contributed by atoms with Crippen LogP contribution in [0.25, 0.3) is 11.1 Å². The summed E-state index contributed by atoms with van der Waals surface area (Å²) in [6, 6.07) is 9.51. The number of phenols is 1. The molecule has 0 spiro atoms.